The van der Waals surface area contributed by atoms with Gasteiger partial charge in [0.05, 0.1) is 22.6 Å². The van der Waals surface area contributed by atoms with Gasteiger partial charge in [-0.05, 0) is 12.1 Å². The van der Waals surface area contributed by atoms with Crippen molar-refractivity contribution in [2.24, 2.45) is 5.92 Å². The van der Waals surface area contributed by atoms with Gasteiger partial charge in [0.2, 0.25) is 5.91 Å². The molecular formula is C10H9Cl2NO2. The number of rotatable bonds is 0. The number of ether oxygens (including phenoxy) is 1. The highest BCUT2D eigenvalue weighted by molar-refractivity contribution is 6.37. The maximum Gasteiger partial charge on any atom is 0.230 e. The summed E-state index contributed by atoms with van der Waals surface area (Å²) < 4.78 is 5.44. The number of carbonyl (C=O) groups excluding carboxylic acids is 1. The van der Waals surface area contributed by atoms with E-state index in [1.807, 2.05) is 0 Å². The molecule has 1 aromatic carbocycles. The largest absolute Gasteiger partial charge is 0.489 e. The molecule has 1 aromatic rings. The number of fused-ring (bicyclic) bond motifs is 1. The fourth-order valence-electron chi connectivity index (χ4n) is 1.32. The van der Waals surface area contributed by atoms with Crippen LogP contribution in [0.4, 0.5) is 5.69 Å². The predicted octanol–water partition coefficient (Wildman–Crippen LogP) is 2.96. The first-order valence-corrected chi connectivity index (χ1v) is 5.27. The van der Waals surface area contributed by atoms with Gasteiger partial charge in [-0.3, -0.25) is 4.79 Å². The number of carbonyl (C=O) groups is 1. The van der Waals surface area contributed by atoms with Gasteiger partial charge in [-0.15, -0.1) is 0 Å². The van der Waals surface area contributed by atoms with E-state index in [4.69, 9.17) is 27.9 Å². The lowest BCUT2D eigenvalue weighted by atomic mass is 10.2. The molecule has 1 heterocycles. The van der Waals surface area contributed by atoms with Crippen LogP contribution in [0.15, 0.2) is 12.1 Å². The molecule has 0 fully saturated rings. The second-order valence-corrected chi connectivity index (χ2v) is 4.25. The summed E-state index contributed by atoms with van der Waals surface area (Å²) in [6.07, 6.45) is 0. The maximum atomic E-state index is 11.5. The molecule has 80 valence electrons. The molecule has 5 heteroatoms. The van der Waals surface area contributed by atoms with Crippen LogP contribution in [-0.4, -0.2) is 12.5 Å². The van der Waals surface area contributed by atoms with Crippen LogP contribution in [0.1, 0.15) is 6.92 Å². The van der Waals surface area contributed by atoms with Gasteiger partial charge in [-0.1, -0.05) is 30.1 Å². The minimum Gasteiger partial charge on any atom is -0.489 e. The third-order valence-electron chi connectivity index (χ3n) is 2.23. The maximum absolute atomic E-state index is 11.5. The second-order valence-electron chi connectivity index (χ2n) is 3.43. The van der Waals surface area contributed by atoms with Gasteiger partial charge >= 0.3 is 0 Å². The molecule has 1 aliphatic rings. The van der Waals surface area contributed by atoms with Crippen molar-refractivity contribution in [2.45, 2.75) is 6.92 Å². The second kappa shape index (κ2) is 3.91. The smallest absolute Gasteiger partial charge is 0.230 e. The molecule has 0 aliphatic carbocycles. The lowest BCUT2D eigenvalue weighted by molar-refractivity contribution is -0.119. The number of hydrogen-bond donors (Lipinski definition) is 1. The Hall–Kier alpha value is -0.930. The third-order valence-corrected chi connectivity index (χ3v) is 2.84. The SMILES string of the molecule is CC1COc2c(Cl)ccc(Cl)c2NC1=O. The zero-order valence-electron chi connectivity index (χ0n) is 8.01. The number of nitrogens with one attached hydrogen (secondary N) is 1. The molecule has 0 radical (unpaired) electrons. The molecule has 0 saturated carbocycles. The van der Waals surface area contributed by atoms with Gasteiger partial charge in [0.25, 0.3) is 0 Å². The highest BCUT2D eigenvalue weighted by atomic mass is 35.5. The molecule has 0 aromatic heterocycles. The van der Waals surface area contributed by atoms with Crippen LogP contribution < -0.4 is 10.1 Å². The predicted molar refractivity (Wildman–Crippen MR) is 59.8 cm³/mol. The van der Waals surface area contributed by atoms with Crippen molar-refractivity contribution in [1.29, 1.82) is 0 Å². The number of halogens is 2. The monoisotopic (exact) mass is 245 g/mol. The average molecular weight is 246 g/mol. The summed E-state index contributed by atoms with van der Waals surface area (Å²) >= 11 is 11.9. The Morgan fingerprint density at radius 1 is 1.40 bits per heavy atom. The molecule has 0 bridgehead atoms. The molecule has 2 rings (SSSR count). The van der Waals surface area contributed by atoms with E-state index in [1.165, 1.54) is 0 Å². The van der Waals surface area contributed by atoms with E-state index in [-0.39, 0.29) is 11.8 Å². The van der Waals surface area contributed by atoms with Crippen molar-refractivity contribution in [3.05, 3.63) is 22.2 Å². The summed E-state index contributed by atoms with van der Waals surface area (Å²) in [5.74, 6) is 0.115. The number of amides is 1. The summed E-state index contributed by atoms with van der Waals surface area (Å²) in [5, 5.41) is 3.58. The Labute approximate surface area is 97.3 Å². The van der Waals surface area contributed by atoms with Gasteiger partial charge in [-0.25, -0.2) is 0 Å². The van der Waals surface area contributed by atoms with E-state index in [0.29, 0.717) is 28.1 Å². The normalized spacial score (nSPS) is 19.9. The van der Waals surface area contributed by atoms with Gasteiger partial charge < -0.3 is 10.1 Å². The quantitative estimate of drug-likeness (QED) is 0.764. The van der Waals surface area contributed by atoms with Crippen LogP contribution in [0, 0.1) is 5.92 Å². The molecule has 1 aliphatic heterocycles. The standard InChI is InChI=1S/C10H9Cl2NO2/c1-5-4-15-9-7(12)3-2-6(11)8(9)13-10(5)14/h2-3,5H,4H2,1H3,(H,13,14). The van der Waals surface area contributed by atoms with Crippen LogP contribution in [0.5, 0.6) is 5.75 Å². The zero-order chi connectivity index (χ0) is 11.0. The molecule has 0 spiro atoms. The Balaban J connectivity index is 2.51. The lowest BCUT2D eigenvalue weighted by Gasteiger charge is -2.09. The summed E-state index contributed by atoms with van der Waals surface area (Å²) in [7, 11) is 0. The number of benzene rings is 1. The van der Waals surface area contributed by atoms with Crippen molar-refractivity contribution in [3.63, 3.8) is 0 Å². The van der Waals surface area contributed by atoms with Crippen LogP contribution in [0.3, 0.4) is 0 Å². The number of anilines is 1. The zero-order valence-corrected chi connectivity index (χ0v) is 9.52. The topological polar surface area (TPSA) is 38.3 Å². The van der Waals surface area contributed by atoms with Crippen molar-refractivity contribution >= 4 is 34.8 Å². The van der Waals surface area contributed by atoms with Crippen LogP contribution in [-0.2, 0) is 4.79 Å². The Kier molecular flexibility index (Phi) is 2.76. The first-order valence-electron chi connectivity index (χ1n) is 4.51. The van der Waals surface area contributed by atoms with Crippen LogP contribution in [0.25, 0.3) is 0 Å². The highest BCUT2D eigenvalue weighted by Crippen LogP contribution is 2.40. The summed E-state index contributed by atoms with van der Waals surface area (Å²) in [6, 6.07) is 3.27. The molecule has 1 amide bonds. The number of hydrogen-bond acceptors (Lipinski definition) is 2. The molecule has 0 saturated heterocycles. The minimum atomic E-state index is -0.218. The van der Waals surface area contributed by atoms with Crippen molar-refractivity contribution < 1.29 is 9.53 Å². The summed E-state index contributed by atoms with van der Waals surface area (Å²) in [6.45, 7) is 2.09. The van der Waals surface area contributed by atoms with E-state index >= 15 is 0 Å². The van der Waals surface area contributed by atoms with Gasteiger partial charge in [0.1, 0.15) is 5.69 Å². The molecule has 15 heavy (non-hydrogen) atoms. The van der Waals surface area contributed by atoms with Crippen LogP contribution >= 0.6 is 23.2 Å². The molecule has 1 unspecified atom stereocenters. The highest BCUT2D eigenvalue weighted by Gasteiger charge is 2.24. The van der Waals surface area contributed by atoms with E-state index in [0.717, 1.165) is 0 Å². The van der Waals surface area contributed by atoms with E-state index in [2.05, 4.69) is 5.32 Å². The molecule has 1 atom stereocenters. The molecule has 3 nitrogen and oxygen atoms in total. The third kappa shape index (κ3) is 1.90. The first-order chi connectivity index (χ1) is 7.09. The van der Waals surface area contributed by atoms with Crippen molar-refractivity contribution in [3.8, 4) is 5.75 Å². The minimum absolute atomic E-state index is 0.113. The Bertz CT molecular complexity index is 420. The van der Waals surface area contributed by atoms with Gasteiger partial charge in [0, 0.05) is 0 Å². The summed E-state index contributed by atoms with van der Waals surface area (Å²) in [5.41, 5.74) is 0.457. The Morgan fingerprint density at radius 2 is 2.07 bits per heavy atom. The molecule has 1 N–H and O–H groups in total. The molecular weight excluding hydrogens is 237 g/mol. The summed E-state index contributed by atoms with van der Waals surface area (Å²) in [4.78, 5) is 11.5. The Morgan fingerprint density at radius 3 is 2.80 bits per heavy atom. The average Bonchev–Trinajstić information content (AvgIpc) is 2.35. The van der Waals surface area contributed by atoms with Crippen molar-refractivity contribution in [2.75, 3.05) is 11.9 Å². The van der Waals surface area contributed by atoms with E-state index in [1.54, 1.807) is 19.1 Å². The van der Waals surface area contributed by atoms with Gasteiger partial charge in [0.15, 0.2) is 5.75 Å². The van der Waals surface area contributed by atoms with Crippen molar-refractivity contribution in [1.82, 2.24) is 0 Å². The van der Waals surface area contributed by atoms with Crippen LogP contribution in [0.2, 0.25) is 10.0 Å². The fourth-order valence-corrected chi connectivity index (χ4v) is 1.73. The van der Waals surface area contributed by atoms with E-state index in [9.17, 15) is 4.79 Å². The van der Waals surface area contributed by atoms with E-state index < -0.39 is 0 Å². The lowest BCUT2D eigenvalue weighted by Crippen LogP contribution is -2.22. The fraction of sp³-hybridized carbons (Fsp3) is 0.300. The first kappa shape index (κ1) is 10.6. The van der Waals surface area contributed by atoms with Gasteiger partial charge in [-0.2, -0.15) is 0 Å².